The van der Waals surface area contributed by atoms with Crippen molar-refractivity contribution in [3.8, 4) is 5.75 Å². The topological polar surface area (TPSA) is 92.7 Å². The van der Waals surface area contributed by atoms with Gasteiger partial charge in [0, 0.05) is 18.4 Å². The monoisotopic (exact) mass is 307 g/mol. The molecule has 0 aliphatic heterocycles. The number of Topliss-reactive ketones (excluding diaryl/α,β-unsaturated/α-hetero) is 1. The lowest BCUT2D eigenvalue weighted by molar-refractivity contribution is -0.143. The molecule has 120 valence electrons. The SMILES string of the molecule is COc1ccc(C(=O)CCC(=O)N[C@H](C(=O)O)C(C)C)cc1. The van der Waals surface area contributed by atoms with Crippen LogP contribution in [0.3, 0.4) is 0 Å². The number of benzene rings is 1. The van der Waals surface area contributed by atoms with Gasteiger partial charge >= 0.3 is 5.97 Å². The molecule has 6 heteroatoms. The molecule has 0 aromatic heterocycles. The maximum Gasteiger partial charge on any atom is 0.326 e. The Morgan fingerprint density at radius 1 is 1.14 bits per heavy atom. The molecule has 0 radical (unpaired) electrons. The van der Waals surface area contributed by atoms with Crippen LogP contribution in [0.2, 0.25) is 0 Å². The molecule has 0 saturated heterocycles. The van der Waals surface area contributed by atoms with Crippen LogP contribution < -0.4 is 10.1 Å². The Morgan fingerprint density at radius 2 is 1.73 bits per heavy atom. The van der Waals surface area contributed by atoms with Gasteiger partial charge in [0.2, 0.25) is 5.91 Å². The fraction of sp³-hybridized carbons (Fsp3) is 0.438. The van der Waals surface area contributed by atoms with Gasteiger partial charge in [-0.05, 0) is 30.2 Å². The molecule has 0 aliphatic rings. The number of ether oxygens (including phenoxy) is 1. The summed E-state index contributed by atoms with van der Waals surface area (Å²) >= 11 is 0. The number of carboxylic acid groups (broad SMARTS) is 1. The lowest BCUT2D eigenvalue weighted by Gasteiger charge is -2.17. The van der Waals surface area contributed by atoms with E-state index in [2.05, 4.69) is 5.32 Å². The maximum atomic E-state index is 12.0. The van der Waals surface area contributed by atoms with Crippen LogP contribution in [0.15, 0.2) is 24.3 Å². The zero-order chi connectivity index (χ0) is 16.7. The Kier molecular flexibility index (Phi) is 6.56. The lowest BCUT2D eigenvalue weighted by Crippen LogP contribution is -2.44. The third-order valence-corrected chi connectivity index (χ3v) is 3.24. The Morgan fingerprint density at radius 3 is 2.18 bits per heavy atom. The molecule has 1 aromatic carbocycles. The van der Waals surface area contributed by atoms with Gasteiger partial charge in [-0.3, -0.25) is 9.59 Å². The van der Waals surface area contributed by atoms with Crippen molar-refractivity contribution in [2.45, 2.75) is 32.7 Å². The normalized spacial score (nSPS) is 11.8. The van der Waals surface area contributed by atoms with Gasteiger partial charge in [-0.1, -0.05) is 13.8 Å². The molecule has 6 nitrogen and oxygen atoms in total. The van der Waals surface area contributed by atoms with Crippen molar-refractivity contribution in [2.24, 2.45) is 5.92 Å². The number of rotatable bonds is 8. The van der Waals surface area contributed by atoms with E-state index in [1.165, 1.54) is 7.11 Å². The summed E-state index contributed by atoms with van der Waals surface area (Å²) in [6.45, 7) is 3.42. The number of amides is 1. The molecule has 0 aliphatic carbocycles. The first-order valence-electron chi connectivity index (χ1n) is 7.04. The highest BCUT2D eigenvalue weighted by Gasteiger charge is 2.23. The molecule has 0 heterocycles. The van der Waals surface area contributed by atoms with Crippen LogP contribution in [-0.2, 0) is 9.59 Å². The fourth-order valence-corrected chi connectivity index (χ4v) is 1.91. The molecular weight excluding hydrogens is 286 g/mol. The van der Waals surface area contributed by atoms with Gasteiger partial charge in [-0.25, -0.2) is 4.79 Å². The van der Waals surface area contributed by atoms with Crippen molar-refractivity contribution in [3.63, 3.8) is 0 Å². The van der Waals surface area contributed by atoms with Crippen LogP contribution in [0.4, 0.5) is 0 Å². The molecule has 1 rings (SSSR count). The summed E-state index contributed by atoms with van der Waals surface area (Å²) in [7, 11) is 1.54. The molecular formula is C16H21NO5. The van der Waals surface area contributed by atoms with Crippen LogP contribution in [0.25, 0.3) is 0 Å². The molecule has 0 spiro atoms. The van der Waals surface area contributed by atoms with E-state index in [9.17, 15) is 14.4 Å². The second kappa shape index (κ2) is 8.17. The summed E-state index contributed by atoms with van der Waals surface area (Å²) in [4.78, 5) is 34.7. The number of carboxylic acids is 1. The van der Waals surface area contributed by atoms with Crippen LogP contribution in [0.1, 0.15) is 37.0 Å². The van der Waals surface area contributed by atoms with Gasteiger partial charge in [-0.15, -0.1) is 0 Å². The molecule has 0 bridgehead atoms. The largest absolute Gasteiger partial charge is 0.497 e. The van der Waals surface area contributed by atoms with Gasteiger partial charge < -0.3 is 15.2 Å². The number of aliphatic carboxylic acids is 1. The van der Waals surface area contributed by atoms with E-state index < -0.39 is 17.9 Å². The second-order valence-corrected chi connectivity index (χ2v) is 5.28. The Balaban J connectivity index is 2.52. The zero-order valence-electron chi connectivity index (χ0n) is 13.0. The summed E-state index contributed by atoms with van der Waals surface area (Å²) in [6.07, 6.45) is -0.00996. The average molecular weight is 307 g/mol. The van der Waals surface area contributed by atoms with E-state index in [1.54, 1.807) is 38.1 Å². The summed E-state index contributed by atoms with van der Waals surface area (Å²) in [5.41, 5.74) is 0.493. The minimum atomic E-state index is -1.08. The summed E-state index contributed by atoms with van der Waals surface area (Å²) in [5.74, 6) is -1.27. The van der Waals surface area contributed by atoms with E-state index in [4.69, 9.17) is 9.84 Å². The van der Waals surface area contributed by atoms with Gasteiger partial charge in [0.15, 0.2) is 5.78 Å². The lowest BCUT2D eigenvalue weighted by atomic mass is 10.0. The number of nitrogens with one attached hydrogen (secondary N) is 1. The molecule has 1 atom stereocenters. The Bertz CT molecular complexity index is 536. The van der Waals surface area contributed by atoms with Crippen molar-refractivity contribution in [1.82, 2.24) is 5.32 Å². The van der Waals surface area contributed by atoms with Crippen molar-refractivity contribution in [1.29, 1.82) is 0 Å². The summed E-state index contributed by atoms with van der Waals surface area (Å²) < 4.78 is 5.00. The smallest absolute Gasteiger partial charge is 0.326 e. The molecule has 0 fully saturated rings. The van der Waals surface area contributed by atoms with Crippen molar-refractivity contribution in [2.75, 3.05) is 7.11 Å². The molecule has 2 N–H and O–H groups in total. The first-order valence-corrected chi connectivity index (χ1v) is 7.04. The number of ketones is 1. The van der Waals surface area contributed by atoms with Gasteiger partial charge in [0.1, 0.15) is 11.8 Å². The van der Waals surface area contributed by atoms with Crippen LogP contribution >= 0.6 is 0 Å². The van der Waals surface area contributed by atoms with Crippen LogP contribution in [-0.4, -0.2) is 35.9 Å². The number of hydrogen-bond acceptors (Lipinski definition) is 4. The molecule has 22 heavy (non-hydrogen) atoms. The van der Waals surface area contributed by atoms with Crippen LogP contribution in [0.5, 0.6) is 5.75 Å². The average Bonchev–Trinajstić information content (AvgIpc) is 2.49. The minimum Gasteiger partial charge on any atom is -0.497 e. The molecule has 0 saturated carbocycles. The highest BCUT2D eigenvalue weighted by atomic mass is 16.5. The van der Waals surface area contributed by atoms with Crippen molar-refractivity contribution in [3.05, 3.63) is 29.8 Å². The second-order valence-electron chi connectivity index (χ2n) is 5.28. The predicted octanol–water partition coefficient (Wildman–Crippen LogP) is 1.88. The number of carbonyl (C=O) groups excluding carboxylic acids is 2. The third-order valence-electron chi connectivity index (χ3n) is 3.24. The van der Waals surface area contributed by atoms with Crippen molar-refractivity contribution < 1.29 is 24.2 Å². The van der Waals surface area contributed by atoms with Crippen LogP contribution in [0, 0.1) is 5.92 Å². The Hall–Kier alpha value is -2.37. The number of carbonyl (C=O) groups is 3. The maximum absolute atomic E-state index is 12.0. The predicted molar refractivity (Wildman–Crippen MR) is 81.0 cm³/mol. The number of hydrogen-bond donors (Lipinski definition) is 2. The highest BCUT2D eigenvalue weighted by molar-refractivity contribution is 5.98. The van der Waals surface area contributed by atoms with Crippen molar-refractivity contribution >= 4 is 17.7 Å². The van der Waals surface area contributed by atoms with E-state index in [1.807, 2.05) is 0 Å². The zero-order valence-corrected chi connectivity index (χ0v) is 13.0. The van der Waals surface area contributed by atoms with Gasteiger partial charge in [-0.2, -0.15) is 0 Å². The van der Waals surface area contributed by atoms with Gasteiger partial charge in [0.05, 0.1) is 7.11 Å². The molecule has 1 amide bonds. The molecule has 1 aromatic rings. The van der Waals surface area contributed by atoms with E-state index >= 15 is 0 Å². The summed E-state index contributed by atoms with van der Waals surface area (Å²) in [6, 6.07) is 5.67. The van der Waals surface area contributed by atoms with E-state index in [-0.39, 0.29) is 24.5 Å². The Labute approximate surface area is 129 Å². The summed E-state index contributed by atoms with van der Waals surface area (Å²) in [5, 5.41) is 11.4. The minimum absolute atomic E-state index is 0.0304. The first-order chi connectivity index (χ1) is 10.3. The number of methoxy groups -OCH3 is 1. The van der Waals surface area contributed by atoms with E-state index in [0.717, 1.165) is 0 Å². The quantitative estimate of drug-likeness (QED) is 0.715. The standard InChI is InChI=1S/C16H21NO5/c1-10(2)15(16(20)21)17-14(19)9-8-13(18)11-4-6-12(22-3)7-5-11/h4-7,10,15H,8-9H2,1-3H3,(H,17,19)(H,20,21)/t15-/m0/s1. The fourth-order valence-electron chi connectivity index (χ4n) is 1.91. The molecule has 0 unspecified atom stereocenters. The third kappa shape index (κ3) is 5.20. The van der Waals surface area contributed by atoms with Gasteiger partial charge in [0.25, 0.3) is 0 Å². The first kappa shape index (κ1) is 17.7. The highest BCUT2D eigenvalue weighted by Crippen LogP contribution is 2.13. The van der Waals surface area contributed by atoms with E-state index in [0.29, 0.717) is 11.3 Å².